The SMILES string of the molecule is COC(C)Cc1ncc(CO)c(C(F)(F)F)n1. The lowest BCUT2D eigenvalue weighted by atomic mass is 10.2. The Balaban J connectivity index is 3.05. The van der Waals surface area contributed by atoms with Gasteiger partial charge in [0.05, 0.1) is 12.7 Å². The Morgan fingerprint density at radius 2 is 2.12 bits per heavy atom. The van der Waals surface area contributed by atoms with Crippen LogP contribution >= 0.6 is 0 Å². The summed E-state index contributed by atoms with van der Waals surface area (Å²) in [5.74, 6) is 0.0453. The van der Waals surface area contributed by atoms with Gasteiger partial charge in [-0.3, -0.25) is 0 Å². The van der Waals surface area contributed by atoms with Crippen molar-refractivity contribution in [2.75, 3.05) is 7.11 Å². The van der Waals surface area contributed by atoms with Crippen molar-refractivity contribution in [1.29, 1.82) is 0 Å². The van der Waals surface area contributed by atoms with Gasteiger partial charge in [-0.25, -0.2) is 9.97 Å². The van der Waals surface area contributed by atoms with Gasteiger partial charge in [-0.05, 0) is 6.92 Å². The van der Waals surface area contributed by atoms with Crippen LogP contribution in [0.4, 0.5) is 13.2 Å². The van der Waals surface area contributed by atoms with Crippen LogP contribution in [0.25, 0.3) is 0 Å². The van der Waals surface area contributed by atoms with Crippen LogP contribution in [0.15, 0.2) is 6.20 Å². The lowest BCUT2D eigenvalue weighted by Gasteiger charge is -2.13. The van der Waals surface area contributed by atoms with Gasteiger partial charge in [-0.15, -0.1) is 0 Å². The van der Waals surface area contributed by atoms with E-state index in [1.165, 1.54) is 7.11 Å². The molecular weight excluding hydrogens is 237 g/mol. The molecule has 1 rings (SSSR count). The number of aliphatic hydroxyl groups excluding tert-OH is 1. The van der Waals surface area contributed by atoms with Gasteiger partial charge in [0.15, 0.2) is 5.69 Å². The fourth-order valence-electron chi connectivity index (χ4n) is 1.24. The Bertz CT molecular complexity index is 382. The second kappa shape index (κ2) is 5.42. The highest BCUT2D eigenvalue weighted by Gasteiger charge is 2.35. The molecule has 0 bridgehead atoms. The zero-order valence-electron chi connectivity index (χ0n) is 9.45. The number of hydrogen-bond donors (Lipinski definition) is 1. The molecule has 0 saturated heterocycles. The van der Waals surface area contributed by atoms with Gasteiger partial charge in [0.1, 0.15) is 5.82 Å². The van der Waals surface area contributed by atoms with E-state index in [1.54, 1.807) is 6.92 Å². The van der Waals surface area contributed by atoms with E-state index in [2.05, 4.69) is 9.97 Å². The van der Waals surface area contributed by atoms with E-state index in [0.717, 1.165) is 6.20 Å². The smallest absolute Gasteiger partial charge is 0.392 e. The van der Waals surface area contributed by atoms with Crippen LogP contribution in [0.1, 0.15) is 24.0 Å². The quantitative estimate of drug-likeness (QED) is 0.881. The van der Waals surface area contributed by atoms with Gasteiger partial charge >= 0.3 is 6.18 Å². The van der Waals surface area contributed by atoms with E-state index < -0.39 is 18.5 Å². The molecule has 0 aliphatic rings. The third kappa shape index (κ3) is 3.64. The number of aliphatic hydroxyl groups is 1. The molecule has 1 aromatic heterocycles. The first kappa shape index (κ1) is 13.9. The van der Waals surface area contributed by atoms with Crippen LogP contribution in [0.3, 0.4) is 0 Å². The maximum atomic E-state index is 12.6. The molecule has 0 aliphatic heterocycles. The normalized spacial score (nSPS) is 13.8. The molecule has 0 amide bonds. The number of rotatable bonds is 4. The molecule has 0 radical (unpaired) electrons. The Labute approximate surface area is 96.5 Å². The Morgan fingerprint density at radius 1 is 1.47 bits per heavy atom. The summed E-state index contributed by atoms with van der Waals surface area (Å²) in [5, 5.41) is 8.80. The zero-order chi connectivity index (χ0) is 13.1. The van der Waals surface area contributed by atoms with Gasteiger partial charge in [0.25, 0.3) is 0 Å². The van der Waals surface area contributed by atoms with Crippen LogP contribution in [0, 0.1) is 0 Å². The summed E-state index contributed by atoms with van der Waals surface area (Å²) in [7, 11) is 1.46. The van der Waals surface area contributed by atoms with Gasteiger partial charge in [0.2, 0.25) is 0 Å². The second-order valence-corrected chi connectivity index (χ2v) is 3.57. The van der Waals surface area contributed by atoms with E-state index in [4.69, 9.17) is 9.84 Å². The van der Waals surface area contributed by atoms with Gasteiger partial charge in [0, 0.05) is 25.3 Å². The highest BCUT2D eigenvalue weighted by molar-refractivity contribution is 5.19. The fraction of sp³-hybridized carbons (Fsp3) is 0.600. The minimum Gasteiger partial charge on any atom is -0.392 e. The van der Waals surface area contributed by atoms with E-state index in [0.29, 0.717) is 0 Å². The molecule has 1 unspecified atom stereocenters. The van der Waals surface area contributed by atoms with Crippen molar-refractivity contribution in [1.82, 2.24) is 9.97 Å². The number of aromatic nitrogens is 2. The van der Waals surface area contributed by atoms with Crippen LogP contribution < -0.4 is 0 Å². The molecule has 7 heteroatoms. The zero-order valence-corrected chi connectivity index (χ0v) is 9.45. The van der Waals surface area contributed by atoms with Crippen LogP contribution in [0.2, 0.25) is 0 Å². The predicted octanol–water partition coefficient (Wildman–Crippen LogP) is 1.57. The lowest BCUT2D eigenvalue weighted by molar-refractivity contribution is -0.142. The number of alkyl halides is 3. The van der Waals surface area contributed by atoms with E-state index >= 15 is 0 Å². The molecule has 0 aromatic carbocycles. The van der Waals surface area contributed by atoms with Crippen molar-refractivity contribution in [3.63, 3.8) is 0 Å². The van der Waals surface area contributed by atoms with Gasteiger partial charge in [-0.1, -0.05) is 0 Å². The summed E-state index contributed by atoms with van der Waals surface area (Å²) >= 11 is 0. The van der Waals surface area contributed by atoms with Crippen molar-refractivity contribution in [3.05, 3.63) is 23.3 Å². The number of methoxy groups -OCH3 is 1. The summed E-state index contributed by atoms with van der Waals surface area (Å²) in [4.78, 5) is 7.19. The van der Waals surface area contributed by atoms with E-state index in [1.807, 2.05) is 0 Å². The van der Waals surface area contributed by atoms with Crippen LogP contribution in [-0.4, -0.2) is 28.3 Å². The molecule has 1 aromatic rings. The molecule has 1 heterocycles. The van der Waals surface area contributed by atoms with Gasteiger partial charge < -0.3 is 9.84 Å². The van der Waals surface area contributed by atoms with Crippen molar-refractivity contribution < 1.29 is 23.0 Å². The van der Waals surface area contributed by atoms with Crippen molar-refractivity contribution in [2.45, 2.75) is 32.2 Å². The average Bonchev–Trinajstić information content (AvgIpc) is 2.27. The number of nitrogens with zero attached hydrogens (tertiary/aromatic N) is 2. The van der Waals surface area contributed by atoms with E-state index in [9.17, 15) is 13.2 Å². The molecule has 0 fully saturated rings. The topological polar surface area (TPSA) is 55.2 Å². The first-order valence-electron chi connectivity index (χ1n) is 4.94. The maximum Gasteiger partial charge on any atom is 0.433 e. The van der Waals surface area contributed by atoms with Crippen molar-refractivity contribution >= 4 is 0 Å². The van der Waals surface area contributed by atoms with Crippen LogP contribution in [-0.2, 0) is 23.9 Å². The maximum absolute atomic E-state index is 12.6. The van der Waals surface area contributed by atoms with Crippen molar-refractivity contribution in [3.8, 4) is 0 Å². The first-order valence-corrected chi connectivity index (χ1v) is 4.94. The monoisotopic (exact) mass is 250 g/mol. The molecule has 0 aliphatic carbocycles. The molecule has 4 nitrogen and oxygen atoms in total. The predicted molar refractivity (Wildman–Crippen MR) is 53.1 cm³/mol. The third-order valence-electron chi connectivity index (χ3n) is 2.23. The minimum atomic E-state index is -4.59. The number of hydrogen-bond acceptors (Lipinski definition) is 4. The van der Waals surface area contributed by atoms with E-state index in [-0.39, 0.29) is 23.9 Å². The Kier molecular flexibility index (Phi) is 4.41. The number of halogens is 3. The standard InChI is InChI=1S/C10H13F3N2O2/c1-6(17-2)3-8-14-4-7(5-16)9(15-8)10(11,12)13/h4,6,16H,3,5H2,1-2H3. The molecular formula is C10H13F3N2O2. The van der Waals surface area contributed by atoms with Gasteiger partial charge in [-0.2, -0.15) is 13.2 Å². The van der Waals surface area contributed by atoms with Crippen LogP contribution in [0.5, 0.6) is 0 Å². The fourth-order valence-corrected chi connectivity index (χ4v) is 1.24. The van der Waals surface area contributed by atoms with Crippen molar-refractivity contribution in [2.24, 2.45) is 0 Å². The minimum absolute atomic E-state index is 0.0453. The largest absolute Gasteiger partial charge is 0.433 e. The molecule has 0 saturated carbocycles. The molecule has 17 heavy (non-hydrogen) atoms. The summed E-state index contributed by atoms with van der Waals surface area (Å²) < 4.78 is 42.7. The Hall–Kier alpha value is -1.21. The average molecular weight is 250 g/mol. The highest BCUT2D eigenvalue weighted by atomic mass is 19.4. The highest BCUT2D eigenvalue weighted by Crippen LogP contribution is 2.30. The second-order valence-electron chi connectivity index (χ2n) is 3.57. The summed E-state index contributed by atoms with van der Waals surface area (Å²) in [6.07, 6.45) is -3.68. The summed E-state index contributed by atoms with van der Waals surface area (Å²) in [5.41, 5.74) is -1.42. The first-order chi connectivity index (χ1) is 7.88. The lowest BCUT2D eigenvalue weighted by Crippen LogP contribution is -2.17. The Morgan fingerprint density at radius 3 is 2.59 bits per heavy atom. The third-order valence-corrected chi connectivity index (χ3v) is 2.23. The molecule has 1 atom stereocenters. The molecule has 1 N–H and O–H groups in total. The molecule has 0 spiro atoms. The summed E-state index contributed by atoms with van der Waals surface area (Å²) in [6, 6.07) is 0. The number of ether oxygens (including phenoxy) is 1. The summed E-state index contributed by atoms with van der Waals surface area (Å²) in [6.45, 7) is 0.964. The molecule has 96 valence electrons.